The average molecular weight is 319 g/mol. The molecule has 0 aliphatic heterocycles. The molecule has 4 nitrogen and oxygen atoms in total. The molecule has 1 aromatic heterocycles. The first-order valence-electron chi connectivity index (χ1n) is 8.74. The second-order valence-corrected chi connectivity index (χ2v) is 7.04. The Labute approximate surface area is 141 Å². The van der Waals surface area contributed by atoms with Gasteiger partial charge in [-0.2, -0.15) is 0 Å². The normalized spacial score (nSPS) is 15.9. The number of primary amides is 1. The van der Waals surface area contributed by atoms with Crippen molar-refractivity contribution in [2.24, 2.45) is 11.7 Å². The van der Waals surface area contributed by atoms with Crippen molar-refractivity contribution in [3.63, 3.8) is 0 Å². The van der Waals surface area contributed by atoms with Crippen LogP contribution in [-0.2, 0) is 10.2 Å². The van der Waals surface area contributed by atoms with Crippen molar-refractivity contribution < 1.29 is 4.79 Å². The number of nitrogens with two attached hydrogens (primary N) is 1. The number of nitrogens with zero attached hydrogens (tertiary/aromatic N) is 2. The molecule has 0 fully saturated rings. The lowest BCUT2D eigenvalue weighted by Crippen LogP contribution is -2.50. The molecule has 2 N–H and O–H groups in total. The average Bonchev–Trinajstić information content (AvgIpc) is 2.50. The topological polar surface area (TPSA) is 59.2 Å². The van der Waals surface area contributed by atoms with E-state index in [0.29, 0.717) is 18.5 Å². The molecule has 1 rings (SSSR count). The number of rotatable bonds is 9. The highest BCUT2D eigenvalue weighted by Gasteiger charge is 2.44. The van der Waals surface area contributed by atoms with Gasteiger partial charge in [-0.1, -0.05) is 26.3 Å². The highest BCUT2D eigenvalue weighted by molar-refractivity contribution is 5.86. The van der Waals surface area contributed by atoms with Gasteiger partial charge >= 0.3 is 0 Å². The Morgan fingerprint density at radius 3 is 2.22 bits per heavy atom. The van der Waals surface area contributed by atoms with Crippen LogP contribution in [-0.4, -0.2) is 34.4 Å². The fourth-order valence-corrected chi connectivity index (χ4v) is 3.51. The van der Waals surface area contributed by atoms with Crippen LogP contribution in [0.3, 0.4) is 0 Å². The molecule has 2 atom stereocenters. The molecular weight excluding hydrogens is 286 g/mol. The zero-order valence-corrected chi connectivity index (χ0v) is 15.5. The minimum absolute atomic E-state index is 0.149. The molecule has 0 spiro atoms. The number of carbonyl (C=O) groups excluding carboxylic acids is 1. The Kier molecular flexibility index (Phi) is 7.20. The van der Waals surface area contributed by atoms with Gasteiger partial charge in [0, 0.05) is 24.8 Å². The molecule has 1 heterocycles. The molecule has 0 aromatic carbocycles. The molecule has 4 heteroatoms. The number of carbonyl (C=O) groups is 1. The lowest BCUT2D eigenvalue weighted by molar-refractivity contribution is -0.126. The smallest absolute Gasteiger partial charge is 0.230 e. The van der Waals surface area contributed by atoms with Gasteiger partial charge in [0.25, 0.3) is 0 Å². The first-order chi connectivity index (χ1) is 10.8. The van der Waals surface area contributed by atoms with Crippen LogP contribution in [0.25, 0.3) is 0 Å². The van der Waals surface area contributed by atoms with E-state index in [4.69, 9.17) is 5.73 Å². The third-order valence-electron chi connectivity index (χ3n) is 5.11. The molecule has 0 bridgehead atoms. The van der Waals surface area contributed by atoms with Gasteiger partial charge in [0.15, 0.2) is 0 Å². The van der Waals surface area contributed by atoms with E-state index in [0.717, 1.165) is 18.7 Å². The van der Waals surface area contributed by atoms with Gasteiger partial charge in [0.05, 0.1) is 11.1 Å². The van der Waals surface area contributed by atoms with Gasteiger partial charge in [-0.3, -0.25) is 14.7 Å². The summed E-state index contributed by atoms with van der Waals surface area (Å²) in [4.78, 5) is 19.4. The number of pyridine rings is 1. The van der Waals surface area contributed by atoms with Gasteiger partial charge in [0.1, 0.15) is 0 Å². The van der Waals surface area contributed by atoms with Crippen LogP contribution < -0.4 is 5.73 Å². The Morgan fingerprint density at radius 2 is 1.83 bits per heavy atom. The summed E-state index contributed by atoms with van der Waals surface area (Å²) in [6.45, 7) is 13.8. The number of amides is 1. The van der Waals surface area contributed by atoms with Crippen molar-refractivity contribution in [2.75, 3.05) is 6.54 Å². The van der Waals surface area contributed by atoms with E-state index < -0.39 is 5.41 Å². The summed E-state index contributed by atoms with van der Waals surface area (Å²) < 4.78 is 0. The largest absolute Gasteiger partial charge is 0.369 e. The summed E-state index contributed by atoms with van der Waals surface area (Å²) in [6, 6.07) is 6.61. The highest BCUT2D eigenvalue weighted by atomic mass is 16.1. The molecule has 1 amide bonds. The fourth-order valence-electron chi connectivity index (χ4n) is 3.51. The molecule has 23 heavy (non-hydrogen) atoms. The third-order valence-corrected chi connectivity index (χ3v) is 5.11. The molecular formula is C19H33N3O. The standard InChI is InChI=1S/C19H33N3O/c1-7-16(6)19(18(20)23,17-10-8-9-12-21-17)11-13-22(14(2)3)15(4)5/h8-10,12,14-16H,7,11,13H2,1-6H3,(H2,20,23)/t16-,19+/m0/s1. The predicted octanol–water partition coefficient (Wildman–Crippen LogP) is 3.36. The number of hydrogen-bond donors (Lipinski definition) is 1. The molecule has 0 aliphatic carbocycles. The molecule has 0 saturated heterocycles. The minimum atomic E-state index is -0.710. The maximum absolute atomic E-state index is 12.5. The van der Waals surface area contributed by atoms with Gasteiger partial charge in [0.2, 0.25) is 5.91 Å². The Morgan fingerprint density at radius 1 is 1.22 bits per heavy atom. The van der Waals surface area contributed by atoms with Crippen molar-refractivity contribution in [1.29, 1.82) is 0 Å². The molecule has 1 aromatic rings. The number of hydrogen-bond acceptors (Lipinski definition) is 3. The van der Waals surface area contributed by atoms with Gasteiger partial charge in [-0.05, 0) is 52.2 Å². The van der Waals surface area contributed by atoms with Crippen molar-refractivity contribution in [1.82, 2.24) is 9.88 Å². The summed E-state index contributed by atoms with van der Waals surface area (Å²) in [6.07, 6.45) is 3.34. The molecule has 0 radical (unpaired) electrons. The van der Waals surface area contributed by atoms with E-state index in [1.165, 1.54) is 0 Å². The van der Waals surface area contributed by atoms with Gasteiger partial charge < -0.3 is 5.73 Å². The van der Waals surface area contributed by atoms with Crippen molar-refractivity contribution in [2.45, 2.75) is 71.9 Å². The molecule has 0 saturated carbocycles. The maximum atomic E-state index is 12.5. The zero-order chi connectivity index (χ0) is 17.6. The summed E-state index contributed by atoms with van der Waals surface area (Å²) in [5, 5.41) is 0. The summed E-state index contributed by atoms with van der Waals surface area (Å²) in [5.41, 5.74) is 6.01. The maximum Gasteiger partial charge on any atom is 0.230 e. The molecule has 0 aliphatic rings. The molecule has 130 valence electrons. The predicted molar refractivity (Wildman–Crippen MR) is 96.2 cm³/mol. The van der Waals surface area contributed by atoms with E-state index in [-0.39, 0.29) is 11.8 Å². The van der Waals surface area contributed by atoms with Crippen LogP contribution in [0.4, 0.5) is 0 Å². The first kappa shape index (κ1) is 19.6. The van der Waals surface area contributed by atoms with E-state index >= 15 is 0 Å². The van der Waals surface area contributed by atoms with Gasteiger partial charge in [-0.25, -0.2) is 0 Å². The zero-order valence-electron chi connectivity index (χ0n) is 15.5. The molecule has 0 unspecified atom stereocenters. The monoisotopic (exact) mass is 319 g/mol. The van der Waals surface area contributed by atoms with Crippen LogP contribution in [0.1, 0.15) is 60.1 Å². The lowest BCUT2D eigenvalue weighted by Gasteiger charge is -2.39. The second kappa shape index (κ2) is 8.44. The Balaban J connectivity index is 3.21. The van der Waals surface area contributed by atoms with Crippen LogP contribution in [0.2, 0.25) is 0 Å². The van der Waals surface area contributed by atoms with Gasteiger partial charge in [-0.15, -0.1) is 0 Å². The Bertz CT molecular complexity index is 479. The SMILES string of the molecule is CC[C@H](C)[C@@](CCN(C(C)C)C(C)C)(C(N)=O)c1ccccn1. The minimum Gasteiger partial charge on any atom is -0.369 e. The van der Waals surface area contributed by atoms with Crippen molar-refractivity contribution in [3.8, 4) is 0 Å². The van der Waals surface area contributed by atoms with Crippen molar-refractivity contribution >= 4 is 5.91 Å². The highest BCUT2D eigenvalue weighted by Crippen LogP contribution is 2.37. The fraction of sp³-hybridized carbons (Fsp3) is 0.684. The van der Waals surface area contributed by atoms with E-state index in [2.05, 4.69) is 51.4 Å². The van der Waals surface area contributed by atoms with Crippen LogP contribution >= 0.6 is 0 Å². The summed E-state index contributed by atoms with van der Waals surface area (Å²) in [7, 11) is 0. The van der Waals surface area contributed by atoms with E-state index in [9.17, 15) is 4.79 Å². The first-order valence-corrected chi connectivity index (χ1v) is 8.74. The number of aromatic nitrogens is 1. The second-order valence-electron chi connectivity index (χ2n) is 7.04. The lowest BCUT2D eigenvalue weighted by atomic mass is 9.69. The van der Waals surface area contributed by atoms with Crippen molar-refractivity contribution in [3.05, 3.63) is 30.1 Å². The van der Waals surface area contributed by atoms with Crippen LogP contribution in [0.5, 0.6) is 0 Å². The van der Waals surface area contributed by atoms with E-state index in [1.54, 1.807) is 6.20 Å². The summed E-state index contributed by atoms with van der Waals surface area (Å²) in [5.74, 6) is -0.117. The Hall–Kier alpha value is -1.42. The van der Waals surface area contributed by atoms with Crippen LogP contribution in [0, 0.1) is 5.92 Å². The third kappa shape index (κ3) is 4.31. The quantitative estimate of drug-likeness (QED) is 0.759. The summed E-state index contributed by atoms with van der Waals surface area (Å²) >= 11 is 0. The van der Waals surface area contributed by atoms with Crippen LogP contribution in [0.15, 0.2) is 24.4 Å². The van der Waals surface area contributed by atoms with E-state index in [1.807, 2.05) is 18.2 Å².